The van der Waals surface area contributed by atoms with E-state index < -0.39 is 5.54 Å². The van der Waals surface area contributed by atoms with Crippen LogP contribution in [0.5, 0.6) is 0 Å². The fraction of sp³-hybridized carbons (Fsp3) is 0.938. The highest BCUT2D eigenvalue weighted by atomic mass is 35.5. The second kappa shape index (κ2) is 8.35. The number of amides is 1. The van der Waals surface area contributed by atoms with Crippen molar-refractivity contribution in [3.8, 4) is 0 Å². The molecule has 2 unspecified atom stereocenters. The van der Waals surface area contributed by atoms with E-state index in [0.29, 0.717) is 32.0 Å². The van der Waals surface area contributed by atoms with Gasteiger partial charge in [0.25, 0.3) is 0 Å². The summed E-state index contributed by atoms with van der Waals surface area (Å²) in [6, 6.07) is 0.203. The summed E-state index contributed by atoms with van der Waals surface area (Å²) < 4.78 is 5.30. The molecule has 0 aromatic carbocycles. The Morgan fingerprint density at radius 1 is 1.19 bits per heavy atom. The first-order valence-electron chi connectivity index (χ1n) is 8.20. The molecular weight excluding hydrogens is 288 g/mol. The number of hydrogen-bond acceptors (Lipinski definition) is 3. The lowest BCUT2D eigenvalue weighted by Gasteiger charge is -2.36. The van der Waals surface area contributed by atoms with E-state index >= 15 is 0 Å². The van der Waals surface area contributed by atoms with Crippen molar-refractivity contribution in [3.63, 3.8) is 0 Å². The van der Waals surface area contributed by atoms with Crippen LogP contribution in [0.15, 0.2) is 0 Å². The Morgan fingerprint density at radius 2 is 1.76 bits per heavy atom. The monoisotopic (exact) mass is 318 g/mol. The topological polar surface area (TPSA) is 64.4 Å². The van der Waals surface area contributed by atoms with Gasteiger partial charge in [-0.05, 0) is 31.6 Å². The average Bonchev–Trinajstić information content (AvgIpc) is 2.48. The van der Waals surface area contributed by atoms with Gasteiger partial charge in [0, 0.05) is 19.3 Å². The number of nitrogens with one attached hydrogen (secondary N) is 1. The third-order valence-electron chi connectivity index (χ3n) is 5.38. The average molecular weight is 319 g/mol. The first kappa shape index (κ1) is 18.7. The summed E-state index contributed by atoms with van der Waals surface area (Å²) in [6.45, 7) is 5.58. The van der Waals surface area contributed by atoms with Crippen molar-refractivity contribution in [2.45, 2.75) is 70.4 Å². The molecule has 1 amide bonds. The number of halogens is 1. The minimum Gasteiger partial charge on any atom is -0.381 e. The van der Waals surface area contributed by atoms with Crippen molar-refractivity contribution in [3.05, 3.63) is 0 Å². The number of hydrogen-bond donors (Lipinski definition) is 2. The summed E-state index contributed by atoms with van der Waals surface area (Å²) in [5.74, 6) is 1.29. The van der Waals surface area contributed by atoms with Crippen molar-refractivity contribution in [1.29, 1.82) is 0 Å². The molecule has 3 N–H and O–H groups in total. The predicted molar refractivity (Wildman–Crippen MR) is 87.6 cm³/mol. The van der Waals surface area contributed by atoms with E-state index in [1.54, 1.807) is 0 Å². The molecule has 1 saturated heterocycles. The van der Waals surface area contributed by atoms with Crippen LogP contribution in [0.4, 0.5) is 0 Å². The van der Waals surface area contributed by atoms with Crippen LogP contribution in [0.1, 0.15) is 58.8 Å². The zero-order valence-corrected chi connectivity index (χ0v) is 14.2. The molecule has 1 aliphatic heterocycles. The summed E-state index contributed by atoms with van der Waals surface area (Å²) in [5.41, 5.74) is 5.51. The van der Waals surface area contributed by atoms with Crippen molar-refractivity contribution in [2.75, 3.05) is 13.2 Å². The van der Waals surface area contributed by atoms with E-state index in [-0.39, 0.29) is 24.4 Å². The van der Waals surface area contributed by atoms with Gasteiger partial charge in [-0.2, -0.15) is 0 Å². The number of nitrogens with two attached hydrogens (primary N) is 1. The zero-order valence-electron chi connectivity index (χ0n) is 13.4. The Morgan fingerprint density at radius 3 is 2.33 bits per heavy atom. The SMILES string of the molecule is CC(NC(=O)C1(N)CCOCC1)C(C)C1CCCCC1.Cl. The molecule has 2 aliphatic rings. The van der Waals surface area contributed by atoms with Gasteiger partial charge in [0.05, 0.1) is 5.54 Å². The maximum Gasteiger partial charge on any atom is 0.240 e. The Bertz CT molecular complexity index is 326. The maximum absolute atomic E-state index is 12.4. The Labute approximate surface area is 135 Å². The zero-order chi connectivity index (χ0) is 14.6. The highest BCUT2D eigenvalue weighted by Gasteiger charge is 2.37. The highest BCUT2D eigenvalue weighted by molar-refractivity contribution is 5.86. The molecule has 124 valence electrons. The van der Waals surface area contributed by atoms with Gasteiger partial charge in [0.15, 0.2) is 0 Å². The van der Waals surface area contributed by atoms with Crippen molar-refractivity contribution in [2.24, 2.45) is 17.6 Å². The molecule has 0 bridgehead atoms. The van der Waals surface area contributed by atoms with Gasteiger partial charge in [-0.15, -0.1) is 12.4 Å². The second-order valence-corrected chi connectivity index (χ2v) is 6.79. The van der Waals surface area contributed by atoms with Crippen molar-refractivity contribution < 1.29 is 9.53 Å². The lowest BCUT2D eigenvalue weighted by Crippen LogP contribution is -2.59. The summed E-state index contributed by atoms with van der Waals surface area (Å²) in [4.78, 5) is 12.4. The van der Waals surface area contributed by atoms with E-state index in [2.05, 4.69) is 19.2 Å². The number of carbonyl (C=O) groups excluding carboxylic acids is 1. The van der Waals surface area contributed by atoms with Crippen LogP contribution < -0.4 is 11.1 Å². The van der Waals surface area contributed by atoms with E-state index in [1.165, 1.54) is 32.1 Å². The summed E-state index contributed by atoms with van der Waals surface area (Å²) >= 11 is 0. The predicted octanol–water partition coefficient (Wildman–Crippen LogP) is 2.64. The number of carbonyl (C=O) groups is 1. The molecule has 0 radical (unpaired) electrons. The number of ether oxygens (including phenoxy) is 1. The van der Waals surface area contributed by atoms with Crippen LogP contribution >= 0.6 is 12.4 Å². The molecule has 2 atom stereocenters. The Kier molecular flexibility index (Phi) is 7.45. The van der Waals surface area contributed by atoms with Gasteiger partial charge >= 0.3 is 0 Å². The normalized spacial score (nSPS) is 25.5. The van der Waals surface area contributed by atoms with E-state index in [9.17, 15) is 4.79 Å². The molecular formula is C16H31ClN2O2. The summed E-state index contributed by atoms with van der Waals surface area (Å²) in [6.07, 6.45) is 7.93. The van der Waals surface area contributed by atoms with Crippen LogP contribution in [0.25, 0.3) is 0 Å². The van der Waals surface area contributed by atoms with Crippen LogP contribution in [0, 0.1) is 11.8 Å². The molecule has 21 heavy (non-hydrogen) atoms. The first-order valence-corrected chi connectivity index (χ1v) is 8.20. The van der Waals surface area contributed by atoms with Gasteiger partial charge in [0.2, 0.25) is 5.91 Å². The lowest BCUT2D eigenvalue weighted by atomic mass is 9.77. The summed E-state index contributed by atoms with van der Waals surface area (Å²) in [5, 5.41) is 3.17. The molecule has 0 aromatic heterocycles. The quantitative estimate of drug-likeness (QED) is 0.837. The standard InChI is InChI=1S/C16H30N2O2.ClH/c1-12(14-6-4-3-5-7-14)13(2)18-15(19)16(17)8-10-20-11-9-16;/h12-14H,3-11,17H2,1-2H3,(H,18,19);1H. The van der Waals surface area contributed by atoms with Gasteiger partial charge < -0.3 is 15.8 Å². The molecule has 2 rings (SSSR count). The third-order valence-corrected chi connectivity index (χ3v) is 5.38. The summed E-state index contributed by atoms with van der Waals surface area (Å²) in [7, 11) is 0. The lowest BCUT2D eigenvalue weighted by molar-refractivity contribution is -0.130. The minimum absolute atomic E-state index is 0. The first-order chi connectivity index (χ1) is 9.53. The number of rotatable bonds is 4. The third kappa shape index (κ3) is 4.83. The van der Waals surface area contributed by atoms with Crippen LogP contribution in [0.3, 0.4) is 0 Å². The van der Waals surface area contributed by atoms with Crippen molar-refractivity contribution >= 4 is 18.3 Å². The fourth-order valence-electron chi connectivity index (χ4n) is 3.51. The minimum atomic E-state index is -0.723. The second-order valence-electron chi connectivity index (χ2n) is 6.79. The van der Waals surface area contributed by atoms with Gasteiger partial charge in [-0.3, -0.25) is 4.79 Å². The fourth-order valence-corrected chi connectivity index (χ4v) is 3.51. The highest BCUT2D eigenvalue weighted by Crippen LogP contribution is 2.31. The largest absolute Gasteiger partial charge is 0.381 e. The van der Waals surface area contributed by atoms with E-state index in [4.69, 9.17) is 10.5 Å². The molecule has 0 spiro atoms. The van der Waals surface area contributed by atoms with Gasteiger partial charge in [-0.25, -0.2) is 0 Å². The molecule has 4 nitrogen and oxygen atoms in total. The maximum atomic E-state index is 12.4. The van der Waals surface area contributed by atoms with Crippen molar-refractivity contribution in [1.82, 2.24) is 5.32 Å². The molecule has 5 heteroatoms. The molecule has 1 heterocycles. The Hall–Kier alpha value is -0.320. The van der Waals surface area contributed by atoms with Crippen LogP contribution in [-0.4, -0.2) is 30.7 Å². The van der Waals surface area contributed by atoms with Crippen LogP contribution in [-0.2, 0) is 9.53 Å². The Balaban J connectivity index is 0.00000220. The van der Waals surface area contributed by atoms with E-state index in [0.717, 1.165) is 5.92 Å². The molecule has 2 fully saturated rings. The smallest absolute Gasteiger partial charge is 0.240 e. The molecule has 1 saturated carbocycles. The molecule has 1 aliphatic carbocycles. The van der Waals surface area contributed by atoms with Crippen LogP contribution in [0.2, 0.25) is 0 Å². The van der Waals surface area contributed by atoms with E-state index in [1.807, 2.05) is 0 Å². The van der Waals surface area contributed by atoms with Gasteiger partial charge in [0.1, 0.15) is 0 Å². The van der Waals surface area contributed by atoms with Gasteiger partial charge in [-0.1, -0.05) is 39.0 Å². The molecule has 0 aromatic rings.